The number of rotatable bonds is 8. The van der Waals surface area contributed by atoms with Crippen LogP contribution >= 0.6 is 11.6 Å². The van der Waals surface area contributed by atoms with E-state index in [4.69, 9.17) is 21.1 Å². The topological polar surface area (TPSA) is 47.6 Å². The zero-order valence-electron chi connectivity index (χ0n) is 10.4. The molecule has 0 bridgehead atoms. The van der Waals surface area contributed by atoms with Gasteiger partial charge in [0.05, 0.1) is 13.2 Å². The quantitative estimate of drug-likeness (QED) is 0.447. The molecule has 0 aliphatic rings. The number of hydrogen-bond acceptors (Lipinski definition) is 4. The summed E-state index contributed by atoms with van der Waals surface area (Å²) in [6, 6.07) is 7.81. The molecule has 0 aliphatic carbocycles. The van der Waals surface area contributed by atoms with Gasteiger partial charge in [-0.3, -0.25) is 4.79 Å². The molecule has 0 spiro atoms. The van der Waals surface area contributed by atoms with Gasteiger partial charge < -0.3 is 14.8 Å². The Morgan fingerprint density at radius 3 is 2.89 bits per heavy atom. The molecule has 1 N–H and O–H groups in total. The molecule has 0 radical (unpaired) electrons. The van der Waals surface area contributed by atoms with Crippen molar-refractivity contribution in [3.63, 3.8) is 0 Å². The van der Waals surface area contributed by atoms with Crippen LogP contribution in [0.2, 0.25) is 0 Å². The summed E-state index contributed by atoms with van der Waals surface area (Å²) >= 11 is 5.43. The molecule has 0 heterocycles. The van der Waals surface area contributed by atoms with Crippen LogP contribution < -0.4 is 5.32 Å². The Bertz CT molecular complexity index is 371. The van der Waals surface area contributed by atoms with Crippen molar-refractivity contribution in [1.82, 2.24) is 0 Å². The average Bonchev–Trinajstić information content (AvgIpc) is 2.36. The fourth-order valence-electron chi connectivity index (χ4n) is 1.35. The minimum absolute atomic E-state index is 0.152. The van der Waals surface area contributed by atoms with Gasteiger partial charge in [-0.2, -0.15) is 0 Å². The molecule has 0 saturated heterocycles. The third-order valence-corrected chi connectivity index (χ3v) is 2.32. The van der Waals surface area contributed by atoms with Gasteiger partial charge in [0, 0.05) is 11.6 Å². The smallest absolute Gasteiger partial charge is 0.325 e. The van der Waals surface area contributed by atoms with E-state index < -0.39 is 0 Å². The first-order valence-corrected chi connectivity index (χ1v) is 6.35. The van der Waals surface area contributed by atoms with Crippen molar-refractivity contribution in [3.05, 3.63) is 29.8 Å². The van der Waals surface area contributed by atoms with Crippen LogP contribution in [0.3, 0.4) is 0 Å². The van der Waals surface area contributed by atoms with Crippen LogP contribution in [-0.2, 0) is 14.3 Å². The third kappa shape index (κ3) is 6.47. The Kier molecular flexibility index (Phi) is 7.22. The highest BCUT2D eigenvalue weighted by atomic mass is 35.5. The molecule has 5 heteroatoms. The van der Waals surface area contributed by atoms with Crippen LogP contribution in [0.25, 0.3) is 0 Å². The van der Waals surface area contributed by atoms with E-state index in [0.717, 1.165) is 11.3 Å². The van der Waals surface area contributed by atoms with Crippen molar-refractivity contribution in [2.75, 3.05) is 37.6 Å². The molecule has 1 aromatic rings. The van der Waals surface area contributed by atoms with E-state index in [0.29, 0.717) is 19.1 Å². The van der Waals surface area contributed by atoms with Crippen LogP contribution in [0.4, 0.5) is 5.69 Å². The number of carbonyl (C=O) groups is 1. The highest BCUT2D eigenvalue weighted by Gasteiger charge is 2.02. The molecule has 0 aromatic heterocycles. The highest BCUT2D eigenvalue weighted by molar-refractivity contribution is 6.17. The van der Waals surface area contributed by atoms with Crippen molar-refractivity contribution in [1.29, 1.82) is 0 Å². The first kappa shape index (κ1) is 14.8. The van der Waals surface area contributed by atoms with Gasteiger partial charge in [-0.05, 0) is 24.6 Å². The summed E-state index contributed by atoms with van der Waals surface area (Å²) in [7, 11) is 0. The first-order valence-electron chi connectivity index (χ1n) is 5.82. The van der Waals surface area contributed by atoms with Crippen molar-refractivity contribution >= 4 is 23.3 Å². The molecule has 18 heavy (non-hydrogen) atoms. The van der Waals surface area contributed by atoms with E-state index in [1.807, 2.05) is 31.2 Å². The number of nitrogens with one attached hydrogen (secondary N) is 1. The standard InChI is InChI=1S/C13H18ClNO3/c1-11-3-2-4-12(9-11)15-10-13(16)18-8-7-17-6-5-14/h2-4,9,15H,5-8,10H2,1H3. The lowest BCUT2D eigenvalue weighted by atomic mass is 10.2. The number of esters is 1. The Balaban J connectivity index is 2.13. The molecule has 100 valence electrons. The summed E-state index contributed by atoms with van der Waals surface area (Å²) in [5.41, 5.74) is 2.05. The molecule has 4 nitrogen and oxygen atoms in total. The first-order chi connectivity index (χ1) is 8.72. The van der Waals surface area contributed by atoms with Crippen LogP contribution in [0.5, 0.6) is 0 Å². The van der Waals surface area contributed by atoms with Crippen molar-refractivity contribution in [2.24, 2.45) is 0 Å². The lowest BCUT2D eigenvalue weighted by Gasteiger charge is -2.08. The van der Waals surface area contributed by atoms with E-state index in [1.54, 1.807) is 0 Å². The fourth-order valence-corrected chi connectivity index (χ4v) is 1.46. The SMILES string of the molecule is Cc1cccc(NCC(=O)OCCOCCCl)c1. The second kappa shape index (κ2) is 8.78. The molecule has 1 aromatic carbocycles. The number of aryl methyl sites for hydroxylation is 1. The van der Waals surface area contributed by atoms with Gasteiger partial charge in [0.15, 0.2) is 0 Å². The monoisotopic (exact) mass is 271 g/mol. The van der Waals surface area contributed by atoms with Crippen LogP contribution in [0.15, 0.2) is 24.3 Å². The van der Waals surface area contributed by atoms with Gasteiger partial charge >= 0.3 is 5.97 Å². The van der Waals surface area contributed by atoms with Crippen LogP contribution in [0, 0.1) is 6.92 Å². The Morgan fingerprint density at radius 1 is 1.33 bits per heavy atom. The van der Waals surface area contributed by atoms with Gasteiger partial charge in [0.1, 0.15) is 13.2 Å². The number of carbonyl (C=O) groups excluding carboxylic acids is 1. The number of anilines is 1. The molecular weight excluding hydrogens is 254 g/mol. The Hall–Kier alpha value is -1.26. The normalized spacial score (nSPS) is 10.1. The Labute approximate surface area is 112 Å². The average molecular weight is 272 g/mol. The molecule has 1 rings (SSSR count). The number of alkyl halides is 1. The second-order valence-electron chi connectivity index (χ2n) is 3.74. The van der Waals surface area contributed by atoms with Crippen molar-refractivity contribution < 1.29 is 14.3 Å². The molecule has 0 saturated carbocycles. The van der Waals surface area contributed by atoms with Gasteiger partial charge in [-0.1, -0.05) is 12.1 Å². The number of ether oxygens (including phenoxy) is 2. The maximum absolute atomic E-state index is 11.4. The molecular formula is C13H18ClNO3. The van der Waals surface area contributed by atoms with Crippen molar-refractivity contribution in [2.45, 2.75) is 6.92 Å². The second-order valence-corrected chi connectivity index (χ2v) is 4.12. The molecule has 0 aliphatic heterocycles. The lowest BCUT2D eigenvalue weighted by molar-refractivity contribution is -0.142. The van der Waals surface area contributed by atoms with Crippen LogP contribution in [0.1, 0.15) is 5.56 Å². The summed E-state index contributed by atoms with van der Waals surface area (Å²) in [4.78, 5) is 11.4. The zero-order valence-corrected chi connectivity index (χ0v) is 11.2. The van der Waals surface area contributed by atoms with E-state index in [2.05, 4.69) is 5.32 Å². The largest absolute Gasteiger partial charge is 0.462 e. The van der Waals surface area contributed by atoms with Gasteiger partial charge in [-0.15, -0.1) is 11.6 Å². The summed E-state index contributed by atoms with van der Waals surface area (Å²) in [6.07, 6.45) is 0. The van der Waals surface area contributed by atoms with E-state index in [-0.39, 0.29) is 19.1 Å². The summed E-state index contributed by atoms with van der Waals surface area (Å²) in [5.74, 6) is 0.147. The van der Waals surface area contributed by atoms with E-state index in [9.17, 15) is 4.79 Å². The number of halogens is 1. The minimum atomic E-state index is -0.300. The molecule has 0 fully saturated rings. The predicted molar refractivity (Wildman–Crippen MR) is 72.2 cm³/mol. The fraction of sp³-hybridized carbons (Fsp3) is 0.462. The zero-order chi connectivity index (χ0) is 13.2. The number of hydrogen-bond donors (Lipinski definition) is 1. The summed E-state index contributed by atoms with van der Waals surface area (Å²) in [5, 5.41) is 3.00. The molecule has 0 unspecified atom stereocenters. The van der Waals surface area contributed by atoms with Gasteiger partial charge in [0.2, 0.25) is 0 Å². The molecule has 0 atom stereocenters. The minimum Gasteiger partial charge on any atom is -0.462 e. The van der Waals surface area contributed by atoms with Gasteiger partial charge in [0.25, 0.3) is 0 Å². The Morgan fingerprint density at radius 2 is 2.17 bits per heavy atom. The summed E-state index contributed by atoms with van der Waals surface area (Å²) < 4.78 is 10.1. The lowest BCUT2D eigenvalue weighted by Crippen LogP contribution is -2.19. The summed E-state index contributed by atoms with van der Waals surface area (Å²) in [6.45, 7) is 3.26. The van der Waals surface area contributed by atoms with Gasteiger partial charge in [-0.25, -0.2) is 0 Å². The van der Waals surface area contributed by atoms with Crippen molar-refractivity contribution in [3.8, 4) is 0 Å². The predicted octanol–water partition coefficient (Wildman–Crippen LogP) is 2.21. The van der Waals surface area contributed by atoms with Crippen LogP contribution in [-0.4, -0.2) is 38.2 Å². The maximum Gasteiger partial charge on any atom is 0.325 e. The van der Waals surface area contributed by atoms with E-state index >= 15 is 0 Å². The highest BCUT2D eigenvalue weighted by Crippen LogP contribution is 2.08. The maximum atomic E-state index is 11.4. The third-order valence-electron chi connectivity index (χ3n) is 2.17. The number of benzene rings is 1. The molecule has 0 amide bonds. The van der Waals surface area contributed by atoms with E-state index in [1.165, 1.54) is 0 Å².